The summed E-state index contributed by atoms with van der Waals surface area (Å²) in [5, 5.41) is 7.45. The Morgan fingerprint density at radius 3 is 2.38 bits per heavy atom. The smallest absolute Gasteiger partial charge is 0.227 e. The number of hydrogen-bond acceptors (Lipinski definition) is 7. The summed E-state index contributed by atoms with van der Waals surface area (Å²) in [5.41, 5.74) is 10.8. The Labute approximate surface area is 220 Å². The van der Waals surface area contributed by atoms with Gasteiger partial charge in [0.2, 0.25) is 5.95 Å². The summed E-state index contributed by atoms with van der Waals surface area (Å²) >= 11 is 0. The number of rotatable bonds is 7. The molecule has 0 unspecified atom stereocenters. The van der Waals surface area contributed by atoms with Crippen LogP contribution in [0.25, 0.3) is 11.2 Å². The van der Waals surface area contributed by atoms with Gasteiger partial charge in [-0.05, 0) is 69.4 Å². The lowest BCUT2D eigenvalue weighted by molar-refractivity contribution is 0.211. The van der Waals surface area contributed by atoms with E-state index in [1.807, 2.05) is 6.33 Å². The fourth-order valence-electron chi connectivity index (χ4n) is 6.43. The van der Waals surface area contributed by atoms with Crippen LogP contribution in [0.5, 0.6) is 0 Å². The predicted molar refractivity (Wildman–Crippen MR) is 150 cm³/mol. The molecule has 2 aromatic heterocycles. The highest BCUT2D eigenvalue weighted by Gasteiger charge is 2.26. The maximum atomic E-state index is 6.14. The Balaban J connectivity index is 1.18. The summed E-state index contributed by atoms with van der Waals surface area (Å²) in [4.78, 5) is 17.4. The molecular formula is C29H42N8. The van der Waals surface area contributed by atoms with Crippen LogP contribution in [0, 0.1) is 6.92 Å². The van der Waals surface area contributed by atoms with Crippen LogP contribution in [0.15, 0.2) is 30.6 Å². The number of nitrogens with one attached hydrogen (secondary N) is 2. The van der Waals surface area contributed by atoms with Crippen molar-refractivity contribution in [3.63, 3.8) is 0 Å². The molecule has 6 rings (SSSR count). The average Bonchev–Trinajstić information content (AvgIpc) is 3.58. The quantitative estimate of drug-likeness (QED) is 0.418. The molecule has 2 saturated carbocycles. The fourth-order valence-corrected chi connectivity index (χ4v) is 6.43. The molecule has 1 saturated heterocycles. The molecular weight excluding hydrogens is 460 g/mol. The van der Waals surface area contributed by atoms with E-state index in [0.717, 1.165) is 81.1 Å². The van der Waals surface area contributed by atoms with Crippen LogP contribution in [0.1, 0.15) is 81.4 Å². The van der Waals surface area contributed by atoms with Crippen molar-refractivity contribution in [1.82, 2.24) is 24.4 Å². The van der Waals surface area contributed by atoms with Gasteiger partial charge < -0.3 is 20.9 Å². The van der Waals surface area contributed by atoms with Gasteiger partial charge in [-0.1, -0.05) is 37.1 Å². The monoisotopic (exact) mass is 502 g/mol. The number of benzene rings is 1. The minimum atomic E-state index is 0.333. The number of likely N-dealkylation sites (tertiary alicyclic amines) is 1. The number of nitrogens with two attached hydrogens (primary N) is 1. The second kappa shape index (κ2) is 11.0. The van der Waals surface area contributed by atoms with E-state index < -0.39 is 0 Å². The number of nitrogens with zero attached hydrogens (tertiary/aromatic N) is 5. The summed E-state index contributed by atoms with van der Waals surface area (Å²) < 4.78 is 2.31. The normalized spacial score (nSPS) is 24.1. The fraction of sp³-hybridized carbons (Fsp3) is 0.621. The van der Waals surface area contributed by atoms with E-state index in [-0.39, 0.29) is 0 Å². The molecule has 4 N–H and O–H groups in total. The molecule has 1 aromatic carbocycles. The third kappa shape index (κ3) is 5.60. The highest BCUT2D eigenvalue weighted by molar-refractivity contribution is 5.84. The first-order valence-electron chi connectivity index (χ1n) is 14.4. The van der Waals surface area contributed by atoms with Gasteiger partial charge in [0, 0.05) is 43.8 Å². The highest BCUT2D eigenvalue weighted by Crippen LogP contribution is 2.34. The van der Waals surface area contributed by atoms with Crippen LogP contribution >= 0.6 is 0 Å². The molecule has 0 spiro atoms. The van der Waals surface area contributed by atoms with Crippen molar-refractivity contribution in [2.75, 3.05) is 23.7 Å². The van der Waals surface area contributed by atoms with Crippen molar-refractivity contribution in [3.8, 4) is 0 Å². The number of aryl methyl sites for hydroxylation is 1. The van der Waals surface area contributed by atoms with Crippen molar-refractivity contribution >= 4 is 22.9 Å². The molecule has 0 atom stereocenters. The molecule has 37 heavy (non-hydrogen) atoms. The van der Waals surface area contributed by atoms with E-state index in [9.17, 15) is 0 Å². The van der Waals surface area contributed by atoms with Crippen LogP contribution in [0.3, 0.4) is 0 Å². The number of imidazole rings is 1. The molecule has 3 heterocycles. The number of aromatic nitrogens is 4. The van der Waals surface area contributed by atoms with Crippen LogP contribution < -0.4 is 16.4 Å². The van der Waals surface area contributed by atoms with Gasteiger partial charge in [0.25, 0.3) is 0 Å². The van der Waals surface area contributed by atoms with Gasteiger partial charge in [-0.3, -0.25) is 4.90 Å². The first-order valence-corrected chi connectivity index (χ1v) is 14.4. The zero-order valence-electron chi connectivity index (χ0n) is 22.2. The van der Waals surface area contributed by atoms with Crippen LogP contribution in [-0.2, 0) is 6.54 Å². The third-order valence-electron chi connectivity index (χ3n) is 8.83. The zero-order valence-corrected chi connectivity index (χ0v) is 22.2. The molecule has 8 heteroatoms. The zero-order chi connectivity index (χ0) is 25.2. The van der Waals surface area contributed by atoms with Crippen molar-refractivity contribution < 1.29 is 0 Å². The largest absolute Gasteiger partial charge is 0.365 e. The first kappa shape index (κ1) is 24.6. The SMILES string of the molecule is Cc1ccccc1CN1CCC(Nc2nc(NC3CCC(N)CC3)nc3c2ncn3C2CCCC2)CC1. The van der Waals surface area contributed by atoms with E-state index in [2.05, 4.69) is 51.3 Å². The lowest BCUT2D eigenvalue weighted by Crippen LogP contribution is -2.39. The molecule has 198 valence electrons. The molecule has 3 aliphatic rings. The second-order valence-corrected chi connectivity index (χ2v) is 11.5. The molecule has 1 aliphatic heterocycles. The molecule has 3 aromatic rings. The summed E-state index contributed by atoms with van der Waals surface area (Å²) in [6, 6.07) is 10.3. The van der Waals surface area contributed by atoms with Crippen LogP contribution in [0.4, 0.5) is 11.8 Å². The van der Waals surface area contributed by atoms with E-state index in [4.69, 9.17) is 20.7 Å². The number of anilines is 2. The van der Waals surface area contributed by atoms with Crippen molar-refractivity contribution in [1.29, 1.82) is 0 Å². The third-order valence-corrected chi connectivity index (χ3v) is 8.83. The Morgan fingerprint density at radius 1 is 0.892 bits per heavy atom. The second-order valence-electron chi connectivity index (χ2n) is 11.5. The van der Waals surface area contributed by atoms with E-state index in [1.54, 1.807) is 0 Å². The lowest BCUT2D eigenvalue weighted by atomic mass is 9.92. The summed E-state index contributed by atoms with van der Waals surface area (Å²) in [5.74, 6) is 1.61. The Bertz CT molecular complexity index is 1180. The van der Waals surface area contributed by atoms with Gasteiger partial charge in [0.15, 0.2) is 17.0 Å². The molecule has 0 bridgehead atoms. The Kier molecular flexibility index (Phi) is 7.29. The van der Waals surface area contributed by atoms with Crippen LogP contribution in [0.2, 0.25) is 0 Å². The molecule has 0 amide bonds. The van der Waals surface area contributed by atoms with Crippen LogP contribution in [-0.4, -0.2) is 55.6 Å². The van der Waals surface area contributed by atoms with Gasteiger partial charge in [-0.15, -0.1) is 0 Å². The van der Waals surface area contributed by atoms with Gasteiger partial charge in [-0.2, -0.15) is 9.97 Å². The first-order chi connectivity index (χ1) is 18.1. The summed E-state index contributed by atoms with van der Waals surface area (Å²) in [7, 11) is 0. The number of fused-ring (bicyclic) bond motifs is 1. The average molecular weight is 503 g/mol. The molecule has 3 fully saturated rings. The Hall–Kier alpha value is -2.71. The van der Waals surface area contributed by atoms with Crippen molar-refractivity contribution in [2.45, 2.75) is 102 Å². The van der Waals surface area contributed by atoms with Gasteiger partial charge in [-0.25, -0.2) is 4.98 Å². The summed E-state index contributed by atoms with van der Waals surface area (Å²) in [6.45, 7) is 5.42. The molecule has 0 radical (unpaired) electrons. The van der Waals surface area contributed by atoms with Gasteiger partial charge in [0.05, 0.1) is 6.33 Å². The van der Waals surface area contributed by atoms with E-state index in [0.29, 0.717) is 24.2 Å². The number of piperidine rings is 1. The van der Waals surface area contributed by atoms with E-state index >= 15 is 0 Å². The summed E-state index contributed by atoms with van der Waals surface area (Å²) in [6.07, 6.45) is 13.5. The minimum absolute atomic E-state index is 0.333. The standard InChI is InChI=1S/C29H42N8/c1-20-6-2-3-7-21(20)18-36-16-14-24(15-17-36)32-27-26-28(37(19-31-26)25-8-4-5-9-25)35-29(34-27)33-23-12-10-22(30)11-13-23/h2-3,6-7,19,22-25H,4-5,8-18,30H2,1H3,(H2,32,33,34,35). The minimum Gasteiger partial charge on any atom is -0.365 e. The lowest BCUT2D eigenvalue weighted by Gasteiger charge is -2.33. The number of hydrogen-bond donors (Lipinski definition) is 3. The molecule has 2 aliphatic carbocycles. The highest BCUT2D eigenvalue weighted by atomic mass is 15.2. The van der Waals surface area contributed by atoms with Gasteiger partial charge >= 0.3 is 0 Å². The van der Waals surface area contributed by atoms with Gasteiger partial charge in [0.1, 0.15) is 0 Å². The maximum absolute atomic E-state index is 6.14. The van der Waals surface area contributed by atoms with Crippen molar-refractivity contribution in [3.05, 3.63) is 41.7 Å². The van der Waals surface area contributed by atoms with Crippen molar-refractivity contribution in [2.24, 2.45) is 5.73 Å². The predicted octanol–water partition coefficient (Wildman–Crippen LogP) is 5.01. The van der Waals surface area contributed by atoms with E-state index in [1.165, 1.54) is 36.8 Å². The maximum Gasteiger partial charge on any atom is 0.227 e. The topological polar surface area (TPSA) is 96.9 Å². The molecule has 8 nitrogen and oxygen atoms in total. The Morgan fingerprint density at radius 2 is 1.62 bits per heavy atom.